The van der Waals surface area contributed by atoms with Crippen molar-refractivity contribution >= 4 is 22.6 Å². The van der Waals surface area contributed by atoms with E-state index >= 15 is 0 Å². The maximum absolute atomic E-state index is 2.53. The fourth-order valence-electron chi connectivity index (χ4n) is 0.408. The summed E-state index contributed by atoms with van der Waals surface area (Å²) in [5, 5.41) is 0. The van der Waals surface area contributed by atoms with Gasteiger partial charge in [0.1, 0.15) is 0 Å². The summed E-state index contributed by atoms with van der Waals surface area (Å²) in [5.74, 6) is 0.799. The van der Waals surface area contributed by atoms with Crippen molar-refractivity contribution in [3.05, 3.63) is 0 Å². The van der Waals surface area contributed by atoms with Crippen molar-refractivity contribution in [1.29, 1.82) is 0 Å². The van der Waals surface area contributed by atoms with E-state index in [2.05, 4.69) is 50.3 Å². The second-order valence-electron chi connectivity index (χ2n) is 2.79. The molecule has 0 N–H and O–H groups in total. The molecule has 0 aliphatic heterocycles. The number of hydrogen-bond donors (Lipinski definition) is 0. The SMILES string of the molecule is CCC(C)(I)C(C)C. The minimum atomic E-state index is 0.512. The molecule has 0 radical (unpaired) electrons. The quantitative estimate of drug-likeness (QED) is 0.500. The van der Waals surface area contributed by atoms with E-state index in [1.807, 2.05) is 0 Å². The van der Waals surface area contributed by atoms with Crippen LogP contribution in [-0.2, 0) is 0 Å². The molecule has 0 fully saturated rings. The van der Waals surface area contributed by atoms with Gasteiger partial charge < -0.3 is 0 Å². The number of rotatable bonds is 2. The summed E-state index contributed by atoms with van der Waals surface area (Å²) in [4.78, 5) is 0. The molecule has 0 aliphatic carbocycles. The first-order valence-electron chi connectivity index (χ1n) is 3.19. The Morgan fingerprint density at radius 3 is 1.88 bits per heavy atom. The minimum Gasteiger partial charge on any atom is -0.0789 e. The second kappa shape index (κ2) is 3.04. The average molecular weight is 226 g/mol. The first kappa shape index (κ1) is 8.73. The van der Waals surface area contributed by atoms with Gasteiger partial charge in [0.05, 0.1) is 0 Å². The first-order chi connectivity index (χ1) is 3.50. The van der Waals surface area contributed by atoms with E-state index in [0.29, 0.717) is 3.42 Å². The van der Waals surface area contributed by atoms with Crippen LogP contribution in [0.4, 0.5) is 0 Å². The molecule has 0 nitrogen and oxygen atoms in total. The van der Waals surface area contributed by atoms with E-state index in [1.54, 1.807) is 0 Å². The Labute approximate surface area is 66.2 Å². The zero-order valence-electron chi connectivity index (χ0n) is 6.16. The summed E-state index contributed by atoms with van der Waals surface area (Å²) in [5.41, 5.74) is 0. The molecule has 1 unspecified atom stereocenters. The largest absolute Gasteiger partial charge is 0.0789 e. The molecule has 0 bridgehead atoms. The highest BCUT2D eigenvalue weighted by Crippen LogP contribution is 2.30. The normalized spacial score (nSPS) is 18.8. The Morgan fingerprint density at radius 1 is 1.50 bits per heavy atom. The third-order valence-electron chi connectivity index (χ3n) is 1.90. The van der Waals surface area contributed by atoms with E-state index in [9.17, 15) is 0 Å². The Balaban J connectivity index is 3.71. The molecule has 0 saturated carbocycles. The molecule has 0 aromatic rings. The average Bonchev–Trinajstić information content (AvgIpc) is 1.67. The molecule has 0 spiro atoms. The zero-order chi connectivity index (χ0) is 6.78. The van der Waals surface area contributed by atoms with E-state index in [0.717, 1.165) is 5.92 Å². The van der Waals surface area contributed by atoms with Gasteiger partial charge in [0.15, 0.2) is 0 Å². The lowest BCUT2D eigenvalue weighted by molar-refractivity contribution is 0.479. The van der Waals surface area contributed by atoms with Crippen molar-refractivity contribution < 1.29 is 0 Å². The molecule has 1 heteroatoms. The monoisotopic (exact) mass is 226 g/mol. The van der Waals surface area contributed by atoms with E-state index < -0.39 is 0 Å². The molecule has 8 heavy (non-hydrogen) atoms. The van der Waals surface area contributed by atoms with Crippen LogP contribution >= 0.6 is 22.6 Å². The smallest absolute Gasteiger partial charge is 0.0214 e. The van der Waals surface area contributed by atoms with Crippen LogP contribution in [0.3, 0.4) is 0 Å². The van der Waals surface area contributed by atoms with Crippen LogP contribution in [0.25, 0.3) is 0 Å². The van der Waals surface area contributed by atoms with Crippen LogP contribution in [0.5, 0.6) is 0 Å². The summed E-state index contributed by atoms with van der Waals surface area (Å²) >= 11 is 2.53. The van der Waals surface area contributed by atoms with Gasteiger partial charge in [-0.15, -0.1) is 0 Å². The molecule has 0 heterocycles. The van der Waals surface area contributed by atoms with Crippen LogP contribution in [0.2, 0.25) is 0 Å². The van der Waals surface area contributed by atoms with Gasteiger partial charge in [-0.1, -0.05) is 50.3 Å². The molecule has 0 rings (SSSR count). The summed E-state index contributed by atoms with van der Waals surface area (Å²) in [6.07, 6.45) is 1.27. The van der Waals surface area contributed by atoms with Crippen LogP contribution in [-0.4, -0.2) is 3.42 Å². The number of alkyl halides is 1. The van der Waals surface area contributed by atoms with Crippen molar-refractivity contribution in [2.75, 3.05) is 0 Å². The van der Waals surface area contributed by atoms with Crippen LogP contribution in [0, 0.1) is 5.92 Å². The topological polar surface area (TPSA) is 0 Å². The Kier molecular flexibility index (Phi) is 3.32. The first-order valence-corrected chi connectivity index (χ1v) is 4.27. The van der Waals surface area contributed by atoms with Crippen molar-refractivity contribution in [2.45, 2.75) is 37.5 Å². The molecule has 50 valence electrons. The lowest BCUT2D eigenvalue weighted by Gasteiger charge is -2.24. The summed E-state index contributed by atoms with van der Waals surface area (Å²) < 4.78 is 0.512. The molecule has 0 aromatic heterocycles. The molecule has 0 amide bonds. The van der Waals surface area contributed by atoms with Crippen molar-refractivity contribution in [1.82, 2.24) is 0 Å². The highest BCUT2D eigenvalue weighted by molar-refractivity contribution is 14.1. The summed E-state index contributed by atoms with van der Waals surface area (Å²) in [6.45, 7) is 9.09. The number of halogens is 1. The lowest BCUT2D eigenvalue weighted by Crippen LogP contribution is -2.21. The minimum absolute atomic E-state index is 0.512. The van der Waals surface area contributed by atoms with Crippen molar-refractivity contribution in [3.63, 3.8) is 0 Å². The molecular weight excluding hydrogens is 211 g/mol. The van der Waals surface area contributed by atoms with E-state index in [-0.39, 0.29) is 0 Å². The molecule has 1 atom stereocenters. The predicted molar refractivity (Wildman–Crippen MR) is 47.6 cm³/mol. The van der Waals surface area contributed by atoms with Crippen molar-refractivity contribution in [3.8, 4) is 0 Å². The second-order valence-corrected chi connectivity index (χ2v) is 5.25. The summed E-state index contributed by atoms with van der Waals surface area (Å²) in [7, 11) is 0. The van der Waals surface area contributed by atoms with Gasteiger partial charge in [-0.25, -0.2) is 0 Å². The third kappa shape index (κ3) is 2.33. The van der Waals surface area contributed by atoms with Crippen LogP contribution in [0.15, 0.2) is 0 Å². The zero-order valence-corrected chi connectivity index (χ0v) is 8.32. The van der Waals surface area contributed by atoms with Gasteiger partial charge in [0, 0.05) is 3.42 Å². The molecular formula is C7H15I. The van der Waals surface area contributed by atoms with Gasteiger partial charge >= 0.3 is 0 Å². The molecule has 0 saturated heterocycles. The third-order valence-corrected chi connectivity index (χ3v) is 3.90. The maximum atomic E-state index is 2.53. The Morgan fingerprint density at radius 2 is 1.88 bits per heavy atom. The van der Waals surface area contributed by atoms with E-state index in [4.69, 9.17) is 0 Å². The van der Waals surface area contributed by atoms with Crippen LogP contribution < -0.4 is 0 Å². The Hall–Kier alpha value is 0.730. The van der Waals surface area contributed by atoms with Gasteiger partial charge in [0.2, 0.25) is 0 Å². The van der Waals surface area contributed by atoms with Gasteiger partial charge in [-0.05, 0) is 12.3 Å². The standard InChI is InChI=1S/C7H15I/c1-5-7(4,8)6(2)3/h6H,5H2,1-4H3. The predicted octanol–water partition coefficient (Wildman–Crippen LogP) is 3.25. The summed E-state index contributed by atoms with van der Waals surface area (Å²) in [6, 6.07) is 0. The maximum Gasteiger partial charge on any atom is 0.0214 e. The fraction of sp³-hybridized carbons (Fsp3) is 1.00. The lowest BCUT2D eigenvalue weighted by atomic mass is 9.96. The van der Waals surface area contributed by atoms with Crippen LogP contribution in [0.1, 0.15) is 34.1 Å². The van der Waals surface area contributed by atoms with Gasteiger partial charge in [-0.2, -0.15) is 0 Å². The molecule has 0 aliphatic rings. The highest BCUT2D eigenvalue weighted by atomic mass is 127. The van der Waals surface area contributed by atoms with Gasteiger partial charge in [-0.3, -0.25) is 0 Å². The molecule has 0 aromatic carbocycles. The Bertz CT molecular complexity index is 64.8. The van der Waals surface area contributed by atoms with Crippen molar-refractivity contribution in [2.24, 2.45) is 5.92 Å². The highest BCUT2D eigenvalue weighted by Gasteiger charge is 2.20. The van der Waals surface area contributed by atoms with E-state index in [1.165, 1.54) is 6.42 Å². The fourth-order valence-corrected chi connectivity index (χ4v) is 0.408. The number of hydrogen-bond acceptors (Lipinski definition) is 0. The van der Waals surface area contributed by atoms with Gasteiger partial charge in [0.25, 0.3) is 0 Å².